The van der Waals surface area contributed by atoms with Crippen LogP contribution in [0, 0.1) is 0 Å². The van der Waals surface area contributed by atoms with Crippen LogP contribution in [0.25, 0.3) is 28.0 Å². The molecule has 37 heavy (non-hydrogen) atoms. The van der Waals surface area contributed by atoms with E-state index in [9.17, 15) is 0 Å². The molecule has 2 aromatic heterocycles. The van der Waals surface area contributed by atoms with Crippen LogP contribution in [0.15, 0.2) is 85.3 Å². The molecule has 0 saturated carbocycles. The fourth-order valence-electron chi connectivity index (χ4n) is 4.58. The highest BCUT2D eigenvalue weighted by Gasteiger charge is 2.13. The van der Waals surface area contributed by atoms with Gasteiger partial charge in [-0.1, -0.05) is 99.9 Å². The minimum atomic E-state index is 0.134. The third-order valence-electron chi connectivity index (χ3n) is 6.77. The van der Waals surface area contributed by atoms with E-state index in [1.54, 1.807) is 6.33 Å². The van der Waals surface area contributed by atoms with Gasteiger partial charge in [0.2, 0.25) is 0 Å². The summed E-state index contributed by atoms with van der Waals surface area (Å²) >= 11 is 0. The Kier molecular flexibility index (Phi) is 9.14. The van der Waals surface area contributed by atoms with Gasteiger partial charge in [0.1, 0.15) is 17.8 Å². The van der Waals surface area contributed by atoms with Crippen LogP contribution in [-0.4, -0.2) is 15.0 Å². The van der Waals surface area contributed by atoms with Crippen molar-refractivity contribution in [1.29, 1.82) is 0 Å². The first kappa shape index (κ1) is 26.2. The van der Waals surface area contributed by atoms with E-state index in [-0.39, 0.29) is 6.04 Å². The summed E-state index contributed by atoms with van der Waals surface area (Å²) in [5, 5.41) is 8.05. The number of fused-ring (bicyclic) bond motifs is 1. The number of rotatable bonds is 13. The Hall–Kier alpha value is -3.86. The summed E-state index contributed by atoms with van der Waals surface area (Å²) < 4.78 is 0. The SMILES string of the molecule is C=C(CCCCCCC)N/C(=C\C)c1ccc(-c2cc3c(NC(C)c4ccccc4)ncnc3[nH]2)cc1. The Morgan fingerprint density at radius 2 is 1.76 bits per heavy atom. The molecule has 1 atom stereocenters. The van der Waals surface area contributed by atoms with Gasteiger partial charge < -0.3 is 15.6 Å². The van der Waals surface area contributed by atoms with Crippen molar-refractivity contribution in [3.63, 3.8) is 0 Å². The summed E-state index contributed by atoms with van der Waals surface area (Å²) in [6.45, 7) is 10.7. The van der Waals surface area contributed by atoms with Gasteiger partial charge in [-0.05, 0) is 49.4 Å². The van der Waals surface area contributed by atoms with E-state index in [1.807, 2.05) is 6.07 Å². The zero-order valence-corrected chi connectivity index (χ0v) is 22.3. The molecular weight excluding hydrogens is 454 g/mol. The molecule has 2 heterocycles. The van der Waals surface area contributed by atoms with Gasteiger partial charge in [0.05, 0.1) is 5.39 Å². The van der Waals surface area contributed by atoms with Crippen LogP contribution in [0.2, 0.25) is 0 Å². The number of aromatic amines is 1. The molecule has 0 saturated heterocycles. The number of nitrogens with one attached hydrogen (secondary N) is 3. The van der Waals surface area contributed by atoms with Gasteiger partial charge in [0.15, 0.2) is 0 Å². The third kappa shape index (κ3) is 6.88. The lowest BCUT2D eigenvalue weighted by atomic mass is 10.1. The third-order valence-corrected chi connectivity index (χ3v) is 6.77. The standard InChI is InChI=1S/C32H39N5/c1-5-7-8-9-11-14-23(3)35-29(6-2)26-17-19-27(20-18-26)30-21-28-31(33-22-34-32(28)37-30)36-24(4)25-15-12-10-13-16-25/h6,10,12-13,15-22,24,35H,3,5,7-9,11,14H2,1-2,4H3,(H2,33,34,36,37)/b29-6-. The molecule has 3 N–H and O–H groups in total. The monoisotopic (exact) mass is 493 g/mol. The summed E-state index contributed by atoms with van der Waals surface area (Å²) in [6, 6.07) is 21.2. The predicted molar refractivity (Wildman–Crippen MR) is 157 cm³/mol. The maximum atomic E-state index is 4.52. The van der Waals surface area contributed by atoms with Crippen molar-refractivity contribution in [3.8, 4) is 11.3 Å². The molecule has 0 aliphatic heterocycles. The Labute approximate surface area is 221 Å². The van der Waals surface area contributed by atoms with E-state index in [0.29, 0.717) is 0 Å². The fourth-order valence-corrected chi connectivity index (χ4v) is 4.58. The lowest BCUT2D eigenvalue weighted by molar-refractivity contribution is 0.625. The van der Waals surface area contributed by atoms with E-state index in [0.717, 1.165) is 51.5 Å². The van der Waals surface area contributed by atoms with Crippen LogP contribution >= 0.6 is 0 Å². The molecule has 0 radical (unpaired) electrons. The van der Waals surface area contributed by atoms with Gasteiger partial charge in [0.25, 0.3) is 0 Å². The number of unbranched alkanes of at least 4 members (excludes halogenated alkanes) is 4. The molecule has 0 aliphatic rings. The van der Waals surface area contributed by atoms with Crippen molar-refractivity contribution in [1.82, 2.24) is 20.3 Å². The van der Waals surface area contributed by atoms with Crippen molar-refractivity contribution in [2.24, 2.45) is 0 Å². The molecule has 0 amide bonds. The smallest absolute Gasteiger partial charge is 0.143 e. The van der Waals surface area contributed by atoms with E-state index < -0.39 is 0 Å². The van der Waals surface area contributed by atoms with Crippen molar-refractivity contribution in [2.45, 2.75) is 65.3 Å². The first-order chi connectivity index (χ1) is 18.1. The maximum Gasteiger partial charge on any atom is 0.143 e. The van der Waals surface area contributed by atoms with E-state index >= 15 is 0 Å². The van der Waals surface area contributed by atoms with Crippen molar-refractivity contribution in [2.75, 3.05) is 5.32 Å². The second-order valence-electron chi connectivity index (χ2n) is 9.62. The minimum Gasteiger partial charge on any atom is -0.363 e. The molecule has 2 aromatic carbocycles. The first-order valence-corrected chi connectivity index (χ1v) is 13.5. The number of hydrogen-bond donors (Lipinski definition) is 3. The van der Waals surface area contributed by atoms with E-state index in [2.05, 4.69) is 114 Å². The zero-order chi connectivity index (χ0) is 26.0. The molecular formula is C32H39N5. The number of H-pyrrole nitrogens is 1. The molecule has 0 bridgehead atoms. The number of nitrogens with zero attached hydrogens (tertiary/aromatic N) is 2. The van der Waals surface area contributed by atoms with Gasteiger partial charge in [-0.25, -0.2) is 9.97 Å². The van der Waals surface area contributed by atoms with Crippen LogP contribution in [0.4, 0.5) is 5.82 Å². The number of benzene rings is 2. The summed E-state index contributed by atoms with van der Waals surface area (Å²) in [5.41, 5.74) is 7.48. The summed E-state index contributed by atoms with van der Waals surface area (Å²) in [5.74, 6) is 0.828. The molecule has 0 aliphatic carbocycles. The van der Waals surface area contributed by atoms with Crippen molar-refractivity contribution >= 4 is 22.5 Å². The largest absolute Gasteiger partial charge is 0.363 e. The average Bonchev–Trinajstić information content (AvgIpc) is 3.38. The minimum absolute atomic E-state index is 0.134. The second-order valence-corrected chi connectivity index (χ2v) is 9.62. The lowest BCUT2D eigenvalue weighted by Crippen LogP contribution is -2.11. The van der Waals surface area contributed by atoms with Gasteiger partial charge in [0, 0.05) is 23.1 Å². The van der Waals surface area contributed by atoms with Gasteiger partial charge in [-0.15, -0.1) is 0 Å². The van der Waals surface area contributed by atoms with Crippen molar-refractivity contribution < 1.29 is 0 Å². The highest BCUT2D eigenvalue weighted by Crippen LogP contribution is 2.29. The highest BCUT2D eigenvalue weighted by molar-refractivity contribution is 5.91. The number of hydrogen-bond acceptors (Lipinski definition) is 4. The number of allylic oxidation sites excluding steroid dienone is 2. The van der Waals surface area contributed by atoms with Crippen LogP contribution < -0.4 is 10.6 Å². The predicted octanol–water partition coefficient (Wildman–Crippen LogP) is 8.62. The number of aromatic nitrogens is 3. The summed E-state index contributed by atoms with van der Waals surface area (Å²) in [7, 11) is 0. The number of anilines is 1. The average molecular weight is 494 g/mol. The van der Waals surface area contributed by atoms with Crippen molar-refractivity contribution in [3.05, 3.63) is 96.5 Å². The Bertz CT molecular complexity index is 1320. The highest BCUT2D eigenvalue weighted by atomic mass is 15.1. The zero-order valence-electron chi connectivity index (χ0n) is 22.3. The quantitative estimate of drug-likeness (QED) is 0.163. The van der Waals surface area contributed by atoms with E-state index in [1.165, 1.54) is 37.7 Å². The Balaban J connectivity index is 1.44. The van der Waals surface area contributed by atoms with E-state index in [4.69, 9.17) is 0 Å². The summed E-state index contributed by atoms with van der Waals surface area (Å²) in [4.78, 5) is 12.5. The molecule has 5 nitrogen and oxygen atoms in total. The van der Waals surface area contributed by atoms with Gasteiger partial charge in [-0.2, -0.15) is 0 Å². The molecule has 1 unspecified atom stereocenters. The second kappa shape index (κ2) is 12.9. The first-order valence-electron chi connectivity index (χ1n) is 13.5. The van der Waals surface area contributed by atoms with Crippen LogP contribution in [0.5, 0.6) is 0 Å². The lowest BCUT2D eigenvalue weighted by Gasteiger charge is -2.15. The summed E-state index contributed by atoms with van der Waals surface area (Å²) in [6.07, 6.45) is 11.1. The molecule has 0 fully saturated rings. The Morgan fingerprint density at radius 3 is 2.49 bits per heavy atom. The van der Waals surface area contributed by atoms with Crippen LogP contribution in [-0.2, 0) is 0 Å². The van der Waals surface area contributed by atoms with Gasteiger partial charge >= 0.3 is 0 Å². The molecule has 5 heteroatoms. The van der Waals surface area contributed by atoms with Crippen LogP contribution in [0.3, 0.4) is 0 Å². The molecule has 192 valence electrons. The van der Waals surface area contributed by atoms with Crippen LogP contribution in [0.1, 0.15) is 76.5 Å². The molecule has 0 spiro atoms. The maximum absolute atomic E-state index is 4.52. The Morgan fingerprint density at radius 1 is 1.00 bits per heavy atom. The molecule has 4 aromatic rings. The topological polar surface area (TPSA) is 65.6 Å². The fraction of sp³-hybridized carbons (Fsp3) is 0.312. The normalized spacial score (nSPS) is 12.5. The van der Waals surface area contributed by atoms with Gasteiger partial charge in [-0.3, -0.25) is 0 Å². The molecule has 4 rings (SSSR count).